The highest BCUT2D eigenvalue weighted by molar-refractivity contribution is 6.61. The topological polar surface area (TPSA) is 47.9 Å². The van der Waals surface area contributed by atoms with Crippen LogP contribution in [-0.4, -0.2) is 39.3 Å². The van der Waals surface area contributed by atoms with Gasteiger partial charge in [-0.3, -0.25) is 0 Å². The fraction of sp³-hybridized carbons (Fsp3) is 0.333. The Balaban J connectivity index is 1.77. The molecule has 1 fully saturated rings. The van der Waals surface area contributed by atoms with Crippen molar-refractivity contribution in [3.8, 4) is 0 Å². The van der Waals surface area contributed by atoms with Crippen LogP contribution in [0.3, 0.4) is 0 Å². The second kappa shape index (κ2) is 4.62. The molecule has 1 N–H and O–H groups in total. The zero-order chi connectivity index (χ0) is 11.7. The van der Waals surface area contributed by atoms with Crippen molar-refractivity contribution in [2.45, 2.75) is 18.3 Å². The largest absolute Gasteiger partial charge is 0.493 e. The molecule has 4 nitrogen and oxygen atoms in total. The van der Waals surface area contributed by atoms with Gasteiger partial charge in [-0.15, -0.1) is 0 Å². The molecule has 0 amide bonds. The second-order valence-corrected chi connectivity index (χ2v) is 5.72. The molecule has 2 aliphatic heterocycles. The summed E-state index contributed by atoms with van der Waals surface area (Å²) >= 11 is 0. The number of rotatable bonds is 1. The summed E-state index contributed by atoms with van der Waals surface area (Å²) in [7, 11) is -1.50. The Morgan fingerprint density at radius 1 is 1.24 bits per heavy atom. The lowest BCUT2D eigenvalue weighted by Gasteiger charge is -2.38. The maximum atomic E-state index is 9.84. The van der Waals surface area contributed by atoms with E-state index in [4.69, 9.17) is 13.6 Å². The predicted molar refractivity (Wildman–Crippen MR) is 62.7 cm³/mol. The first-order chi connectivity index (χ1) is 8.34. The van der Waals surface area contributed by atoms with Gasteiger partial charge in [0.05, 0.1) is 12.9 Å². The molecule has 2 aliphatic rings. The summed E-state index contributed by atoms with van der Waals surface area (Å²) in [6.45, 7) is 0.468. The Labute approximate surface area is 101 Å². The summed E-state index contributed by atoms with van der Waals surface area (Å²) in [6, 6.07) is 9.85. The van der Waals surface area contributed by atoms with E-state index in [1.165, 1.54) is 6.26 Å². The summed E-state index contributed by atoms with van der Waals surface area (Å²) in [5, 5.41) is 10.9. The molecule has 1 aromatic carbocycles. The highest BCUT2D eigenvalue weighted by Gasteiger charge is 2.41. The molecule has 3 rings (SSSR count). The van der Waals surface area contributed by atoms with Crippen LogP contribution in [0.25, 0.3) is 0 Å². The van der Waals surface area contributed by atoms with Crippen molar-refractivity contribution in [1.82, 2.24) is 0 Å². The molecule has 1 radical (unpaired) electrons. The molecule has 1 saturated heterocycles. The lowest BCUT2D eigenvalue weighted by atomic mass is 10.1. The molecule has 5 heteroatoms. The summed E-state index contributed by atoms with van der Waals surface area (Å²) < 4.78 is 16.9. The summed E-state index contributed by atoms with van der Waals surface area (Å²) in [5.41, 5.74) is 0. The first kappa shape index (κ1) is 11.0. The van der Waals surface area contributed by atoms with E-state index in [0.717, 1.165) is 5.19 Å². The van der Waals surface area contributed by atoms with Crippen molar-refractivity contribution in [2.24, 2.45) is 0 Å². The van der Waals surface area contributed by atoms with E-state index in [1.807, 2.05) is 30.3 Å². The zero-order valence-corrected chi connectivity index (χ0v) is 10.2. The Hall–Kier alpha value is -1.14. The van der Waals surface area contributed by atoms with Gasteiger partial charge >= 0.3 is 9.28 Å². The van der Waals surface area contributed by atoms with E-state index in [9.17, 15) is 5.11 Å². The van der Waals surface area contributed by atoms with E-state index >= 15 is 0 Å². The molecular weight excluding hydrogens is 236 g/mol. The van der Waals surface area contributed by atoms with Gasteiger partial charge in [-0.25, -0.2) is 0 Å². The quantitative estimate of drug-likeness (QED) is 0.716. The van der Waals surface area contributed by atoms with E-state index in [-0.39, 0.29) is 12.2 Å². The number of aliphatic hydroxyl groups excluding tert-OH is 1. The Morgan fingerprint density at radius 3 is 2.88 bits per heavy atom. The highest BCUT2D eigenvalue weighted by Crippen LogP contribution is 2.21. The Morgan fingerprint density at radius 2 is 2.06 bits per heavy atom. The van der Waals surface area contributed by atoms with E-state index in [2.05, 4.69) is 0 Å². The molecule has 0 bridgehead atoms. The van der Waals surface area contributed by atoms with Crippen LogP contribution in [-0.2, 0) is 13.6 Å². The van der Waals surface area contributed by atoms with Crippen molar-refractivity contribution in [3.05, 3.63) is 42.7 Å². The van der Waals surface area contributed by atoms with Crippen LogP contribution in [0.1, 0.15) is 0 Å². The van der Waals surface area contributed by atoms with Crippen LogP contribution in [0, 0.1) is 0 Å². The van der Waals surface area contributed by atoms with E-state index in [1.54, 1.807) is 6.08 Å². The zero-order valence-electron chi connectivity index (χ0n) is 9.15. The van der Waals surface area contributed by atoms with Crippen LogP contribution in [0.5, 0.6) is 0 Å². The third-order valence-electron chi connectivity index (χ3n) is 2.86. The molecule has 89 valence electrons. The molecule has 0 unspecified atom stereocenters. The van der Waals surface area contributed by atoms with Gasteiger partial charge in [0.1, 0.15) is 18.3 Å². The lowest BCUT2D eigenvalue weighted by Crippen LogP contribution is -2.56. The molecule has 0 aliphatic carbocycles. The van der Waals surface area contributed by atoms with Crippen molar-refractivity contribution in [3.63, 3.8) is 0 Å². The average molecular weight is 249 g/mol. The second-order valence-electron chi connectivity index (χ2n) is 4.04. The Kier molecular flexibility index (Phi) is 2.98. The molecular formula is C12H13O4Si. The van der Waals surface area contributed by atoms with Crippen LogP contribution in [0.4, 0.5) is 0 Å². The van der Waals surface area contributed by atoms with Gasteiger partial charge < -0.3 is 18.7 Å². The van der Waals surface area contributed by atoms with E-state index < -0.39 is 15.4 Å². The maximum Gasteiger partial charge on any atom is 0.424 e. The van der Waals surface area contributed by atoms with Crippen LogP contribution in [0.2, 0.25) is 0 Å². The summed E-state index contributed by atoms with van der Waals surface area (Å²) in [6.07, 6.45) is 1.99. The molecule has 0 aromatic heterocycles. The molecule has 17 heavy (non-hydrogen) atoms. The fourth-order valence-corrected chi connectivity index (χ4v) is 3.64. The molecule has 0 spiro atoms. The first-order valence-corrected chi connectivity index (χ1v) is 6.88. The van der Waals surface area contributed by atoms with Crippen LogP contribution < -0.4 is 5.19 Å². The predicted octanol–water partition coefficient (Wildman–Crippen LogP) is 0.0706. The fourth-order valence-electron chi connectivity index (χ4n) is 1.95. The van der Waals surface area contributed by atoms with Crippen molar-refractivity contribution in [2.75, 3.05) is 6.61 Å². The minimum Gasteiger partial charge on any atom is -0.493 e. The van der Waals surface area contributed by atoms with Crippen molar-refractivity contribution in [1.29, 1.82) is 0 Å². The molecule has 3 atom stereocenters. The summed E-state index contributed by atoms with van der Waals surface area (Å²) in [5.74, 6) is 0. The minimum absolute atomic E-state index is 0.201. The molecule has 2 heterocycles. The van der Waals surface area contributed by atoms with Gasteiger partial charge in [-0.2, -0.15) is 0 Å². The number of benzene rings is 1. The number of ether oxygens (including phenoxy) is 1. The van der Waals surface area contributed by atoms with Crippen LogP contribution >= 0.6 is 0 Å². The van der Waals surface area contributed by atoms with Crippen LogP contribution in [0.15, 0.2) is 42.7 Å². The van der Waals surface area contributed by atoms with E-state index in [0.29, 0.717) is 6.61 Å². The minimum atomic E-state index is -1.50. The number of hydrogen-bond donors (Lipinski definition) is 1. The highest BCUT2D eigenvalue weighted by atomic mass is 28.3. The molecule has 1 aromatic rings. The SMILES string of the molecule is O[C@@H]1C=CO[C@@H]2CO[Si](c3ccccc3)O[C@@H]12. The number of aliphatic hydroxyl groups is 1. The lowest BCUT2D eigenvalue weighted by molar-refractivity contribution is -0.102. The third kappa shape index (κ3) is 2.14. The molecule has 0 saturated carbocycles. The summed E-state index contributed by atoms with van der Waals surface area (Å²) in [4.78, 5) is 0. The van der Waals surface area contributed by atoms with Gasteiger partial charge in [0.25, 0.3) is 0 Å². The smallest absolute Gasteiger partial charge is 0.424 e. The van der Waals surface area contributed by atoms with Crippen molar-refractivity contribution >= 4 is 14.5 Å². The standard InChI is InChI=1S/C12H13O4Si/c13-10-6-7-14-11-8-15-17(16-12(10)11)9-4-2-1-3-5-9/h1-7,10-13H,8H2/t10-,11-,12+/m1/s1. The normalized spacial score (nSPS) is 32.9. The Bertz CT molecular complexity index is 408. The number of fused-ring (bicyclic) bond motifs is 1. The average Bonchev–Trinajstić information content (AvgIpc) is 2.40. The first-order valence-electron chi connectivity index (χ1n) is 5.56. The third-order valence-corrected chi connectivity index (χ3v) is 4.58. The number of hydrogen-bond acceptors (Lipinski definition) is 4. The van der Waals surface area contributed by atoms with Gasteiger partial charge in [-0.1, -0.05) is 30.3 Å². The monoisotopic (exact) mass is 249 g/mol. The van der Waals surface area contributed by atoms with Crippen molar-refractivity contribution < 1.29 is 18.7 Å². The van der Waals surface area contributed by atoms with Gasteiger partial charge in [0.2, 0.25) is 0 Å². The van der Waals surface area contributed by atoms with Gasteiger partial charge in [0.15, 0.2) is 0 Å². The maximum absolute atomic E-state index is 9.84. The van der Waals surface area contributed by atoms with Gasteiger partial charge in [0, 0.05) is 0 Å². The van der Waals surface area contributed by atoms with Gasteiger partial charge in [-0.05, 0) is 11.3 Å².